The van der Waals surface area contributed by atoms with E-state index in [1.165, 1.54) is 29.8 Å². The van der Waals surface area contributed by atoms with E-state index in [0.717, 1.165) is 12.2 Å². The van der Waals surface area contributed by atoms with E-state index in [9.17, 15) is 0 Å². The molecule has 0 spiro atoms. The molecule has 0 atom stereocenters. The third-order valence-corrected chi connectivity index (χ3v) is 4.13. The van der Waals surface area contributed by atoms with Crippen molar-refractivity contribution >= 4 is 0 Å². The van der Waals surface area contributed by atoms with Gasteiger partial charge >= 0.3 is 0 Å². The summed E-state index contributed by atoms with van der Waals surface area (Å²) in [6.45, 7) is 15.8. The predicted molar refractivity (Wildman–Crippen MR) is 80.8 cm³/mol. The second-order valence-electron chi connectivity index (χ2n) is 7.90. The molecule has 19 heavy (non-hydrogen) atoms. The van der Waals surface area contributed by atoms with Gasteiger partial charge in [-0.3, -0.25) is 0 Å². The molecule has 0 radical (unpaired) electrons. The highest BCUT2D eigenvalue weighted by molar-refractivity contribution is 5.36. The number of rotatable bonds is 1. The summed E-state index contributed by atoms with van der Waals surface area (Å²) in [7, 11) is 0. The van der Waals surface area contributed by atoms with Gasteiger partial charge in [0.1, 0.15) is 5.82 Å². The van der Waals surface area contributed by atoms with E-state index >= 15 is 0 Å². The third kappa shape index (κ3) is 2.68. The van der Waals surface area contributed by atoms with Gasteiger partial charge in [0.15, 0.2) is 0 Å². The molecule has 0 aliphatic heterocycles. The SMILES string of the molecule is CC(C)c1nc(C(C)(C)C)nc2c1CCCC2(C)C. The molecule has 2 rings (SSSR count). The minimum Gasteiger partial charge on any atom is -0.237 e. The molecule has 0 unspecified atom stereocenters. The lowest BCUT2D eigenvalue weighted by molar-refractivity contribution is 0.403. The molecule has 0 N–H and O–H groups in total. The minimum atomic E-state index is 0.0200. The molecule has 0 amide bonds. The minimum absolute atomic E-state index is 0.0200. The average molecular weight is 260 g/mol. The van der Waals surface area contributed by atoms with E-state index in [4.69, 9.17) is 9.97 Å². The van der Waals surface area contributed by atoms with Crippen molar-refractivity contribution in [3.63, 3.8) is 0 Å². The van der Waals surface area contributed by atoms with E-state index in [2.05, 4.69) is 48.5 Å². The Kier molecular flexibility index (Phi) is 3.49. The van der Waals surface area contributed by atoms with E-state index in [0.29, 0.717) is 5.92 Å². The molecule has 1 aromatic heterocycles. The van der Waals surface area contributed by atoms with Crippen molar-refractivity contribution in [2.75, 3.05) is 0 Å². The predicted octanol–water partition coefficient (Wildman–Crippen LogP) is 4.51. The first-order valence-electron chi connectivity index (χ1n) is 7.54. The molecule has 0 saturated heterocycles. The Balaban J connectivity index is 2.69. The summed E-state index contributed by atoms with van der Waals surface area (Å²) >= 11 is 0. The van der Waals surface area contributed by atoms with Crippen LogP contribution >= 0.6 is 0 Å². The molecule has 106 valence electrons. The van der Waals surface area contributed by atoms with Crippen LogP contribution in [0.25, 0.3) is 0 Å². The van der Waals surface area contributed by atoms with Crippen LogP contribution in [-0.2, 0) is 17.3 Å². The van der Waals surface area contributed by atoms with E-state index < -0.39 is 0 Å². The summed E-state index contributed by atoms with van der Waals surface area (Å²) in [4.78, 5) is 9.88. The van der Waals surface area contributed by atoms with Crippen LogP contribution in [-0.4, -0.2) is 9.97 Å². The van der Waals surface area contributed by atoms with E-state index in [1.54, 1.807) is 0 Å². The van der Waals surface area contributed by atoms with Crippen LogP contribution in [0.4, 0.5) is 0 Å². The standard InChI is InChI=1S/C17H28N2/c1-11(2)13-12-9-8-10-17(6,7)14(12)19-15(18-13)16(3,4)5/h11H,8-10H2,1-7H3. The Morgan fingerprint density at radius 2 is 1.74 bits per heavy atom. The summed E-state index contributed by atoms with van der Waals surface area (Å²) in [5.74, 6) is 1.48. The van der Waals surface area contributed by atoms with Crippen LogP contribution in [0, 0.1) is 0 Å². The fraction of sp³-hybridized carbons (Fsp3) is 0.765. The third-order valence-electron chi connectivity index (χ3n) is 4.13. The van der Waals surface area contributed by atoms with Crippen LogP contribution in [0.1, 0.15) is 90.0 Å². The van der Waals surface area contributed by atoms with Crippen LogP contribution in [0.2, 0.25) is 0 Å². The Bertz CT molecular complexity index is 479. The van der Waals surface area contributed by atoms with Crippen LogP contribution in [0.3, 0.4) is 0 Å². The van der Waals surface area contributed by atoms with Crippen molar-refractivity contribution in [1.82, 2.24) is 9.97 Å². The largest absolute Gasteiger partial charge is 0.237 e. The first kappa shape index (κ1) is 14.5. The van der Waals surface area contributed by atoms with Gasteiger partial charge in [0.05, 0.1) is 11.4 Å². The Morgan fingerprint density at radius 3 is 2.26 bits per heavy atom. The van der Waals surface area contributed by atoms with Gasteiger partial charge in [-0.05, 0) is 30.7 Å². The lowest BCUT2D eigenvalue weighted by Gasteiger charge is -2.34. The molecule has 1 heterocycles. The van der Waals surface area contributed by atoms with Crippen molar-refractivity contribution in [3.8, 4) is 0 Å². The number of fused-ring (bicyclic) bond motifs is 1. The number of hydrogen-bond acceptors (Lipinski definition) is 2. The molecule has 1 aliphatic rings. The van der Waals surface area contributed by atoms with Gasteiger partial charge in [-0.25, -0.2) is 9.97 Å². The maximum absolute atomic E-state index is 4.97. The van der Waals surface area contributed by atoms with Gasteiger partial charge in [0, 0.05) is 10.8 Å². The highest BCUT2D eigenvalue weighted by Crippen LogP contribution is 2.39. The molecular weight excluding hydrogens is 232 g/mol. The summed E-state index contributed by atoms with van der Waals surface area (Å²) in [5.41, 5.74) is 4.23. The highest BCUT2D eigenvalue weighted by atomic mass is 14.9. The van der Waals surface area contributed by atoms with E-state index in [-0.39, 0.29) is 10.8 Å². The molecule has 0 aromatic carbocycles. The van der Waals surface area contributed by atoms with Crippen molar-refractivity contribution in [2.45, 2.75) is 84.5 Å². The number of hydrogen-bond donors (Lipinski definition) is 0. The van der Waals surface area contributed by atoms with Crippen LogP contribution < -0.4 is 0 Å². The molecule has 0 fully saturated rings. The van der Waals surface area contributed by atoms with Gasteiger partial charge in [-0.2, -0.15) is 0 Å². The molecule has 0 bridgehead atoms. The normalized spacial score (nSPS) is 18.5. The second-order valence-corrected chi connectivity index (χ2v) is 7.90. The quantitative estimate of drug-likeness (QED) is 0.742. The monoisotopic (exact) mass is 260 g/mol. The molecule has 0 saturated carbocycles. The van der Waals surface area contributed by atoms with Gasteiger partial charge in [-0.15, -0.1) is 0 Å². The van der Waals surface area contributed by atoms with Gasteiger partial charge < -0.3 is 0 Å². The summed E-state index contributed by atoms with van der Waals surface area (Å²) in [6, 6.07) is 0. The highest BCUT2D eigenvalue weighted by Gasteiger charge is 2.33. The van der Waals surface area contributed by atoms with Gasteiger partial charge in [0.25, 0.3) is 0 Å². The molecule has 2 nitrogen and oxygen atoms in total. The topological polar surface area (TPSA) is 25.8 Å². The Morgan fingerprint density at radius 1 is 1.11 bits per heavy atom. The van der Waals surface area contributed by atoms with Gasteiger partial charge in [-0.1, -0.05) is 48.5 Å². The lowest BCUT2D eigenvalue weighted by Crippen LogP contribution is -2.30. The van der Waals surface area contributed by atoms with Crippen molar-refractivity contribution in [3.05, 3.63) is 22.8 Å². The smallest absolute Gasteiger partial charge is 0.134 e. The molecular formula is C17H28N2. The maximum atomic E-state index is 4.97. The maximum Gasteiger partial charge on any atom is 0.134 e. The first-order valence-corrected chi connectivity index (χ1v) is 7.54. The fourth-order valence-electron chi connectivity index (χ4n) is 2.95. The van der Waals surface area contributed by atoms with Crippen molar-refractivity contribution < 1.29 is 0 Å². The Hall–Kier alpha value is -0.920. The number of aromatic nitrogens is 2. The number of nitrogens with zero attached hydrogens (tertiary/aromatic N) is 2. The second kappa shape index (κ2) is 4.57. The van der Waals surface area contributed by atoms with Crippen molar-refractivity contribution in [2.24, 2.45) is 0 Å². The summed E-state index contributed by atoms with van der Waals surface area (Å²) in [6.07, 6.45) is 3.65. The Labute approximate surface area is 118 Å². The molecule has 1 aromatic rings. The van der Waals surface area contributed by atoms with E-state index in [1.807, 2.05) is 0 Å². The zero-order valence-corrected chi connectivity index (χ0v) is 13.6. The zero-order chi connectivity index (χ0) is 14.4. The van der Waals surface area contributed by atoms with Gasteiger partial charge in [0.2, 0.25) is 0 Å². The molecule has 2 heteroatoms. The summed E-state index contributed by atoms with van der Waals surface area (Å²) in [5, 5.41) is 0. The van der Waals surface area contributed by atoms with Crippen molar-refractivity contribution in [1.29, 1.82) is 0 Å². The average Bonchev–Trinajstić information content (AvgIpc) is 2.26. The summed E-state index contributed by atoms with van der Waals surface area (Å²) < 4.78 is 0. The lowest BCUT2D eigenvalue weighted by atomic mass is 9.74. The molecule has 1 aliphatic carbocycles. The fourth-order valence-corrected chi connectivity index (χ4v) is 2.95. The van der Waals surface area contributed by atoms with Crippen LogP contribution in [0.15, 0.2) is 0 Å². The zero-order valence-electron chi connectivity index (χ0n) is 13.6. The van der Waals surface area contributed by atoms with Crippen LogP contribution in [0.5, 0.6) is 0 Å². The first-order chi connectivity index (χ1) is 8.63.